The number of alkyl halides is 3. The number of carbonyl (C=O) groups is 2. The molecule has 152 valence electrons. The number of esters is 2. The predicted molar refractivity (Wildman–Crippen MR) is 87.2 cm³/mol. The van der Waals surface area contributed by atoms with Crippen LogP contribution in [0.3, 0.4) is 0 Å². The summed E-state index contributed by atoms with van der Waals surface area (Å²) in [5, 5.41) is 11.4. The molecule has 28 heavy (non-hydrogen) atoms. The van der Waals surface area contributed by atoms with Crippen molar-refractivity contribution >= 4 is 23.3 Å². The second-order valence-corrected chi connectivity index (χ2v) is 5.63. The van der Waals surface area contributed by atoms with Crippen LogP contribution in [0.2, 0.25) is 0 Å². The van der Waals surface area contributed by atoms with E-state index in [1.54, 1.807) is 0 Å². The van der Waals surface area contributed by atoms with Crippen LogP contribution in [0, 0.1) is 17.0 Å². The van der Waals surface area contributed by atoms with Crippen LogP contribution in [-0.2, 0) is 30.0 Å². The fraction of sp³-hybridized carbons (Fsp3) is 0.375. The Balaban J connectivity index is 2.77. The van der Waals surface area contributed by atoms with Gasteiger partial charge in [-0.25, -0.2) is 9.59 Å². The number of benzene rings is 1. The highest BCUT2D eigenvalue weighted by Crippen LogP contribution is 2.41. The summed E-state index contributed by atoms with van der Waals surface area (Å²) in [5.74, 6) is -1.98. The quantitative estimate of drug-likeness (QED) is 0.427. The van der Waals surface area contributed by atoms with Gasteiger partial charge in [-0.3, -0.25) is 10.1 Å². The molecule has 0 aromatic heterocycles. The number of methoxy groups -OCH3 is 2. The molecule has 1 heterocycles. The van der Waals surface area contributed by atoms with E-state index in [-0.39, 0.29) is 23.4 Å². The van der Waals surface area contributed by atoms with Crippen LogP contribution in [0.5, 0.6) is 0 Å². The maximum Gasteiger partial charge on any atom is 0.416 e. The Morgan fingerprint density at radius 1 is 1.21 bits per heavy atom. The van der Waals surface area contributed by atoms with E-state index in [4.69, 9.17) is 4.74 Å². The van der Waals surface area contributed by atoms with E-state index in [0.29, 0.717) is 6.07 Å². The van der Waals surface area contributed by atoms with E-state index in [9.17, 15) is 32.9 Å². The predicted octanol–water partition coefficient (Wildman–Crippen LogP) is 2.32. The summed E-state index contributed by atoms with van der Waals surface area (Å²) in [6.45, 7) is 0.335. The Morgan fingerprint density at radius 2 is 1.82 bits per heavy atom. The van der Waals surface area contributed by atoms with E-state index in [1.165, 1.54) is 0 Å². The number of hydrogen-bond acceptors (Lipinski definition) is 8. The third-order valence-corrected chi connectivity index (χ3v) is 3.95. The van der Waals surface area contributed by atoms with Crippen molar-refractivity contribution in [3.05, 3.63) is 44.6 Å². The first-order valence-corrected chi connectivity index (χ1v) is 7.64. The molecule has 0 saturated heterocycles. The number of halogens is 3. The molecule has 2 rings (SSSR count). The van der Waals surface area contributed by atoms with Gasteiger partial charge in [0.2, 0.25) is 0 Å². The van der Waals surface area contributed by atoms with Crippen LogP contribution in [0.15, 0.2) is 23.4 Å². The second kappa shape index (κ2) is 7.84. The molecule has 9 nitrogen and oxygen atoms in total. The van der Waals surface area contributed by atoms with Crippen molar-refractivity contribution in [3.8, 4) is 0 Å². The topological polar surface area (TPSA) is 108 Å². The zero-order valence-electron chi connectivity index (χ0n) is 15.0. The molecule has 0 spiro atoms. The first kappa shape index (κ1) is 21.2. The highest BCUT2D eigenvalue weighted by Gasteiger charge is 2.39. The Labute approximate surface area is 156 Å². The summed E-state index contributed by atoms with van der Waals surface area (Å²) < 4.78 is 53.8. The minimum absolute atomic E-state index is 0.285. The number of aryl methyl sites for hydroxylation is 1. The summed E-state index contributed by atoms with van der Waals surface area (Å²) in [7, 11) is 2.07. The highest BCUT2D eigenvalue weighted by atomic mass is 19.4. The summed E-state index contributed by atoms with van der Waals surface area (Å²) in [4.78, 5) is 35.5. The monoisotopic (exact) mass is 404 g/mol. The molecule has 12 heteroatoms. The van der Waals surface area contributed by atoms with Gasteiger partial charge < -0.3 is 19.1 Å². The SMILES string of the molecule is COC(=O)C1=C(C(=O)OC)N(c2cc(C)c(C(F)(F)F)cc2[N+](=O)[O-])COC1. The third-order valence-electron chi connectivity index (χ3n) is 3.95. The average Bonchev–Trinajstić information content (AvgIpc) is 2.64. The summed E-state index contributed by atoms with van der Waals surface area (Å²) in [6.07, 6.45) is -4.82. The zero-order chi connectivity index (χ0) is 21.2. The lowest BCUT2D eigenvalue weighted by Crippen LogP contribution is -2.39. The lowest BCUT2D eigenvalue weighted by molar-refractivity contribution is -0.384. The molecule has 0 saturated carbocycles. The number of nitrogens with zero attached hydrogens (tertiary/aromatic N) is 2. The van der Waals surface area contributed by atoms with E-state index in [0.717, 1.165) is 32.1 Å². The van der Waals surface area contributed by atoms with Crippen molar-refractivity contribution in [3.63, 3.8) is 0 Å². The van der Waals surface area contributed by atoms with Gasteiger partial charge in [-0.2, -0.15) is 13.2 Å². The Kier molecular flexibility index (Phi) is 5.92. The maximum absolute atomic E-state index is 13.1. The second-order valence-electron chi connectivity index (χ2n) is 5.63. The largest absolute Gasteiger partial charge is 0.466 e. The van der Waals surface area contributed by atoms with Gasteiger partial charge in [-0.15, -0.1) is 0 Å². The molecule has 1 aliphatic heterocycles. The van der Waals surface area contributed by atoms with Crippen LogP contribution in [-0.4, -0.2) is 44.4 Å². The number of nitro benzene ring substituents is 1. The van der Waals surface area contributed by atoms with Crippen molar-refractivity contribution in [2.24, 2.45) is 0 Å². The molecule has 0 fully saturated rings. The van der Waals surface area contributed by atoms with E-state index in [1.807, 2.05) is 0 Å². The summed E-state index contributed by atoms with van der Waals surface area (Å²) >= 11 is 0. The molecular formula is C16H15F3N2O7. The van der Waals surface area contributed by atoms with E-state index in [2.05, 4.69) is 9.47 Å². The number of rotatable bonds is 4. The van der Waals surface area contributed by atoms with Gasteiger partial charge in [-0.05, 0) is 18.6 Å². The molecular weight excluding hydrogens is 389 g/mol. The fourth-order valence-electron chi connectivity index (χ4n) is 2.68. The highest BCUT2D eigenvalue weighted by molar-refractivity contribution is 6.03. The third kappa shape index (κ3) is 3.91. The first-order valence-electron chi connectivity index (χ1n) is 7.64. The molecule has 0 atom stereocenters. The maximum atomic E-state index is 13.1. The smallest absolute Gasteiger partial charge is 0.416 e. The molecule has 1 aromatic carbocycles. The van der Waals surface area contributed by atoms with Crippen LogP contribution in [0.4, 0.5) is 24.5 Å². The molecule has 0 amide bonds. The summed E-state index contributed by atoms with van der Waals surface area (Å²) in [5.41, 5.74) is -3.50. The number of ether oxygens (including phenoxy) is 3. The fourth-order valence-corrected chi connectivity index (χ4v) is 2.68. The lowest BCUT2D eigenvalue weighted by Gasteiger charge is -2.31. The van der Waals surface area contributed by atoms with Gasteiger partial charge in [0.15, 0.2) is 0 Å². The van der Waals surface area contributed by atoms with Crippen LogP contribution in [0.25, 0.3) is 0 Å². The van der Waals surface area contributed by atoms with Gasteiger partial charge in [0.05, 0.1) is 36.9 Å². The van der Waals surface area contributed by atoms with Crippen LogP contribution < -0.4 is 4.90 Å². The van der Waals surface area contributed by atoms with Gasteiger partial charge in [0, 0.05) is 6.07 Å². The van der Waals surface area contributed by atoms with Crippen molar-refractivity contribution in [1.82, 2.24) is 0 Å². The van der Waals surface area contributed by atoms with Crippen molar-refractivity contribution in [2.75, 3.05) is 32.5 Å². The lowest BCUT2D eigenvalue weighted by atomic mass is 10.0. The van der Waals surface area contributed by atoms with Gasteiger partial charge >= 0.3 is 18.1 Å². The first-order chi connectivity index (χ1) is 13.0. The molecule has 1 aliphatic rings. The average molecular weight is 404 g/mol. The molecule has 0 radical (unpaired) electrons. The molecule has 0 unspecified atom stereocenters. The molecule has 0 N–H and O–H groups in total. The van der Waals surface area contributed by atoms with E-state index < -0.39 is 46.7 Å². The van der Waals surface area contributed by atoms with Gasteiger partial charge in [-0.1, -0.05) is 0 Å². The van der Waals surface area contributed by atoms with Crippen molar-refractivity contribution in [1.29, 1.82) is 0 Å². The molecule has 1 aromatic rings. The number of carbonyl (C=O) groups excluding carboxylic acids is 2. The van der Waals surface area contributed by atoms with Crippen molar-refractivity contribution < 1.29 is 41.9 Å². The Hall–Kier alpha value is -3.15. The van der Waals surface area contributed by atoms with E-state index >= 15 is 0 Å². The van der Waals surface area contributed by atoms with Crippen LogP contribution in [0.1, 0.15) is 11.1 Å². The minimum Gasteiger partial charge on any atom is -0.466 e. The number of anilines is 1. The van der Waals surface area contributed by atoms with Crippen molar-refractivity contribution in [2.45, 2.75) is 13.1 Å². The van der Waals surface area contributed by atoms with Crippen LogP contribution >= 0.6 is 0 Å². The standard InChI is InChI=1S/C16H15F3N2O7/c1-8-4-11(12(21(24)25)5-10(8)16(17,18)19)20-7-28-6-9(14(22)26-2)13(20)15(23)27-3/h4-5H,6-7H2,1-3H3. The molecule has 0 bridgehead atoms. The Morgan fingerprint density at radius 3 is 2.32 bits per heavy atom. The number of nitro groups is 1. The zero-order valence-corrected chi connectivity index (χ0v) is 15.0. The Bertz CT molecular complexity index is 865. The number of hydrogen-bond donors (Lipinski definition) is 0. The summed E-state index contributed by atoms with van der Waals surface area (Å²) in [6, 6.07) is 1.26. The minimum atomic E-state index is -4.82. The normalized spacial score (nSPS) is 14.7. The van der Waals surface area contributed by atoms with Gasteiger partial charge in [0.1, 0.15) is 18.1 Å². The van der Waals surface area contributed by atoms with Gasteiger partial charge in [0.25, 0.3) is 5.69 Å². The molecule has 0 aliphatic carbocycles.